The van der Waals surface area contributed by atoms with Crippen molar-refractivity contribution in [1.82, 2.24) is 9.80 Å². The van der Waals surface area contributed by atoms with Gasteiger partial charge in [0.2, 0.25) is 0 Å². The molecule has 3 rings (SSSR count). The van der Waals surface area contributed by atoms with E-state index in [9.17, 15) is 19.7 Å². The molecular weight excluding hydrogens is 386 g/mol. The third kappa shape index (κ3) is 4.07. The van der Waals surface area contributed by atoms with Gasteiger partial charge in [-0.05, 0) is 30.3 Å². The third-order valence-electron chi connectivity index (χ3n) is 4.57. The smallest absolute Gasteiger partial charge is 0.270 e. The predicted octanol–water partition coefficient (Wildman–Crippen LogP) is 2.86. The van der Waals surface area contributed by atoms with Crippen molar-refractivity contribution < 1.29 is 19.2 Å². The number of carbonyl (C=O) groups excluding carboxylic acids is 2. The van der Waals surface area contributed by atoms with E-state index in [-0.39, 0.29) is 28.8 Å². The first kappa shape index (κ1) is 19.6. The molecule has 8 nitrogen and oxygen atoms in total. The van der Waals surface area contributed by atoms with Crippen LogP contribution in [0.3, 0.4) is 0 Å². The maximum Gasteiger partial charge on any atom is 0.270 e. The molecule has 1 saturated heterocycles. The summed E-state index contributed by atoms with van der Waals surface area (Å²) in [5.74, 6) is -0.217. The van der Waals surface area contributed by atoms with Crippen LogP contribution in [-0.2, 0) is 0 Å². The minimum absolute atomic E-state index is 0.128. The molecule has 2 amide bonds. The fraction of sp³-hybridized carbons (Fsp3) is 0.263. The molecular formula is C19H18ClN3O5. The lowest BCUT2D eigenvalue weighted by molar-refractivity contribution is -0.384. The minimum atomic E-state index is -0.557. The average molecular weight is 404 g/mol. The second-order valence-corrected chi connectivity index (χ2v) is 6.67. The van der Waals surface area contributed by atoms with Gasteiger partial charge in [-0.15, -0.1) is 0 Å². The van der Waals surface area contributed by atoms with E-state index in [0.29, 0.717) is 36.8 Å². The van der Waals surface area contributed by atoms with Crippen molar-refractivity contribution >= 4 is 29.1 Å². The number of carbonyl (C=O) groups is 2. The molecule has 1 fully saturated rings. The number of nitro benzene ring substituents is 1. The number of piperazine rings is 1. The molecule has 0 radical (unpaired) electrons. The van der Waals surface area contributed by atoms with E-state index < -0.39 is 4.92 Å². The fourth-order valence-corrected chi connectivity index (χ4v) is 3.16. The minimum Gasteiger partial charge on any atom is -0.496 e. The molecule has 1 heterocycles. The van der Waals surface area contributed by atoms with Crippen molar-refractivity contribution in [3.63, 3.8) is 0 Å². The Kier molecular flexibility index (Phi) is 5.79. The number of amides is 2. The summed E-state index contributed by atoms with van der Waals surface area (Å²) < 4.78 is 5.17. The normalized spacial score (nSPS) is 13.9. The van der Waals surface area contributed by atoms with Crippen molar-refractivity contribution in [2.75, 3.05) is 33.3 Å². The van der Waals surface area contributed by atoms with E-state index in [2.05, 4.69) is 0 Å². The Labute approximate surface area is 166 Å². The Morgan fingerprint density at radius 2 is 1.57 bits per heavy atom. The first-order chi connectivity index (χ1) is 13.4. The van der Waals surface area contributed by atoms with Gasteiger partial charge in [-0.2, -0.15) is 0 Å². The van der Waals surface area contributed by atoms with Crippen molar-refractivity contribution in [2.45, 2.75) is 0 Å². The van der Waals surface area contributed by atoms with E-state index in [1.54, 1.807) is 34.1 Å². The number of nitro groups is 1. The number of hydrogen-bond donors (Lipinski definition) is 0. The predicted molar refractivity (Wildman–Crippen MR) is 103 cm³/mol. The summed E-state index contributed by atoms with van der Waals surface area (Å²) in [5.41, 5.74) is 0.486. The van der Waals surface area contributed by atoms with Gasteiger partial charge in [0.05, 0.1) is 17.6 Å². The number of non-ortho nitro benzene ring substituents is 1. The van der Waals surface area contributed by atoms with Crippen LogP contribution in [-0.4, -0.2) is 59.8 Å². The highest BCUT2D eigenvalue weighted by Gasteiger charge is 2.28. The number of nitrogens with zero attached hydrogens (tertiary/aromatic N) is 3. The molecule has 0 saturated carbocycles. The fourth-order valence-electron chi connectivity index (χ4n) is 3.03. The topological polar surface area (TPSA) is 93.0 Å². The Morgan fingerprint density at radius 3 is 2.11 bits per heavy atom. The first-order valence-electron chi connectivity index (χ1n) is 8.57. The quantitative estimate of drug-likeness (QED) is 0.578. The van der Waals surface area contributed by atoms with Crippen LogP contribution >= 0.6 is 11.6 Å². The number of ether oxygens (including phenoxy) is 1. The lowest BCUT2D eigenvalue weighted by Gasteiger charge is -2.35. The summed E-state index contributed by atoms with van der Waals surface area (Å²) in [6.07, 6.45) is 0. The van der Waals surface area contributed by atoms with Gasteiger partial charge in [0.15, 0.2) is 0 Å². The summed E-state index contributed by atoms with van der Waals surface area (Å²) in [5, 5.41) is 11.6. The Morgan fingerprint density at radius 1 is 1.00 bits per heavy atom. The second-order valence-electron chi connectivity index (χ2n) is 6.23. The Balaban J connectivity index is 1.70. The molecule has 9 heteroatoms. The van der Waals surface area contributed by atoms with Gasteiger partial charge in [-0.25, -0.2) is 0 Å². The standard InChI is InChI=1S/C19H18ClN3O5/c1-28-17-7-6-15(23(26)27)12-16(17)19(25)22-10-8-21(9-11-22)18(24)13-2-4-14(20)5-3-13/h2-7,12H,8-11H2,1H3. The summed E-state index contributed by atoms with van der Waals surface area (Å²) in [4.78, 5) is 39.1. The van der Waals surface area contributed by atoms with Crippen LogP contribution in [0.2, 0.25) is 5.02 Å². The van der Waals surface area contributed by atoms with Crippen LogP contribution in [0.1, 0.15) is 20.7 Å². The highest BCUT2D eigenvalue weighted by Crippen LogP contribution is 2.26. The largest absolute Gasteiger partial charge is 0.496 e. The zero-order chi connectivity index (χ0) is 20.3. The number of hydrogen-bond acceptors (Lipinski definition) is 5. The van der Waals surface area contributed by atoms with Gasteiger partial charge in [0, 0.05) is 48.9 Å². The SMILES string of the molecule is COc1ccc([N+](=O)[O-])cc1C(=O)N1CCN(C(=O)c2ccc(Cl)cc2)CC1. The zero-order valence-corrected chi connectivity index (χ0v) is 15.9. The van der Waals surface area contributed by atoms with Gasteiger partial charge in [-0.1, -0.05) is 11.6 Å². The molecule has 0 unspecified atom stereocenters. The van der Waals surface area contributed by atoms with Crippen LogP contribution in [0.15, 0.2) is 42.5 Å². The van der Waals surface area contributed by atoms with Crippen molar-refractivity contribution in [2.24, 2.45) is 0 Å². The summed E-state index contributed by atoms with van der Waals surface area (Å²) in [7, 11) is 1.40. The molecule has 1 aliphatic rings. The molecule has 0 atom stereocenters. The number of benzene rings is 2. The molecule has 1 aliphatic heterocycles. The molecule has 2 aromatic rings. The van der Waals surface area contributed by atoms with E-state index in [1.165, 1.54) is 25.3 Å². The maximum atomic E-state index is 12.8. The lowest BCUT2D eigenvalue weighted by Crippen LogP contribution is -2.50. The molecule has 28 heavy (non-hydrogen) atoms. The highest BCUT2D eigenvalue weighted by atomic mass is 35.5. The second kappa shape index (κ2) is 8.26. The van der Waals surface area contributed by atoms with E-state index in [4.69, 9.17) is 16.3 Å². The number of rotatable bonds is 4. The zero-order valence-electron chi connectivity index (χ0n) is 15.1. The highest BCUT2D eigenvalue weighted by molar-refractivity contribution is 6.30. The van der Waals surface area contributed by atoms with Gasteiger partial charge in [0.25, 0.3) is 17.5 Å². The molecule has 0 aromatic heterocycles. The van der Waals surface area contributed by atoms with Gasteiger partial charge in [-0.3, -0.25) is 19.7 Å². The molecule has 0 spiro atoms. The maximum absolute atomic E-state index is 12.8. The number of halogens is 1. The van der Waals surface area contributed by atoms with Crippen LogP contribution in [0.5, 0.6) is 5.75 Å². The van der Waals surface area contributed by atoms with E-state index in [0.717, 1.165) is 0 Å². The summed E-state index contributed by atoms with van der Waals surface area (Å²) >= 11 is 5.85. The first-order valence-corrected chi connectivity index (χ1v) is 8.95. The van der Waals surface area contributed by atoms with Crippen molar-refractivity contribution in [1.29, 1.82) is 0 Å². The monoisotopic (exact) mass is 403 g/mol. The lowest BCUT2D eigenvalue weighted by atomic mass is 10.1. The Hall–Kier alpha value is -3.13. The van der Waals surface area contributed by atoms with Crippen LogP contribution in [0.4, 0.5) is 5.69 Å². The Bertz CT molecular complexity index is 908. The molecule has 146 valence electrons. The van der Waals surface area contributed by atoms with Crippen molar-refractivity contribution in [3.05, 3.63) is 68.7 Å². The van der Waals surface area contributed by atoms with Gasteiger partial charge < -0.3 is 14.5 Å². The molecule has 0 aliphatic carbocycles. The van der Waals surface area contributed by atoms with Gasteiger partial charge >= 0.3 is 0 Å². The number of methoxy groups -OCH3 is 1. The molecule has 0 bridgehead atoms. The van der Waals surface area contributed by atoms with Crippen LogP contribution in [0, 0.1) is 10.1 Å². The third-order valence-corrected chi connectivity index (χ3v) is 4.82. The summed E-state index contributed by atoms with van der Waals surface area (Å²) in [6, 6.07) is 10.6. The van der Waals surface area contributed by atoms with E-state index in [1.807, 2.05) is 0 Å². The van der Waals surface area contributed by atoms with Crippen LogP contribution < -0.4 is 4.74 Å². The van der Waals surface area contributed by atoms with Gasteiger partial charge in [0.1, 0.15) is 5.75 Å². The van der Waals surface area contributed by atoms with E-state index >= 15 is 0 Å². The van der Waals surface area contributed by atoms with Crippen LogP contribution in [0.25, 0.3) is 0 Å². The van der Waals surface area contributed by atoms with Crippen molar-refractivity contribution in [3.8, 4) is 5.75 Å². The molecule has 0 N–H and O–H groups in total. The molecule has 2 aromatic carbocycles. The summed E-state index contributed by atoms with van der Waals surface area (Å²) in [6.45, 7) is 1.38. The average Bonchev–Trinajstić information content (AvgIpc) is 2.72.